The largest absolute Gasteiger partial charge is 0.351 e. The van der Waals surface area contributed by atoms with E-state index >= 15 is 0 Å². The number of para-hydroxylation sites is 2. The van der Waals surface area contributed by atoms with Crippen molar-refractivity contribution in [1.29, 1.82) is 5.26 Å². The summed E-state index contributed by atoms with van der Waals surface area (Å²) in [6, 6.07) is 9.48. The summed E-state index contributed by atoms with van der Waals surface area (Å²) in [7, 11) is -3.03. The van der Waals surface area contributed by atoms with Crippen LogP contribution in [0.3, 0.4) is 0 Å². The number of benzene rings is 1. The molecule has 0 unspecified atom stereocenters. The number of carbonyl (C=O) groups is 1. The quantitative estimate of drug-likeness (QED) is 0.751. The second-order valence-electron chi connectivity index (χ2n) is 6.31. The van der Waals surface area contributed by atoms with Crippen LogP contribution < -0.4 is 5.32 Å². The molecule has 1 amide bonds. The van der Waals surface area contributed by atoms with Gasteiger partial charge in [-0.05, 0) is 25.5 Å². The molecule has 0 aliphatic carbocycles. The van der Waals surface area contributed by atoms with Gasteiger partial charge >= 0.3 is 0 Å². The van der Waals surface area contributed by atoms with Crippen LogP contribution in [-0.4, -0.2) is 46.7 Å². The highest BCUT2D eigenvalue weighted by Gasteiger charge is 2.30. The number of carbonyl (C=O) groups excluding carboxylic acids is 1. The molecule has 1 saturated heterocycles. The number of sulfone groups is 1. The van der Waals surface area contributed by atoms with E-state index in [4.69, 9.17) is 5.26 Å². The number of thioether (sulfide) groups is 1. The molecule has 1 aromatic heterocycles. The van der Waals surface area contributed by atoms with E-state index in [-0.39, 0.29) is 23.5 Å². The maximum atomic E-state index is 12.4. The highest BCUT2D eigenvalue weighted by molar-refractivity contribution is 8.00. The first-order valence-electron chi connectivity index (χ1n) is 8.39. The Morgan fingerprint density at radius 1 is 1.50 bits per heavy atom. The van der Waals surface area contributed by atoms with Gasteiger partial charge in [0.2, 0.25) is 5.91 Å². The molecule has 26 heavy (non-hydrogen) atoms. The third-order valence-electron chi connectivity index (χ3n) is 4.30. The zero-order valence-electron chi connectivity index (χ0n) is 14.4. The Labute approximate surface area is 156 Å². The fraction of sp³-hybridized carbons (Fsp3) is 0.471. The molecule has 7 nitrogen and oxygen atoms in total. The summed E-state index contributed by atoms with van der Waals surface area (Å²) >= 11 is 1.32. The van der Waals surface area contributed by atoms with Crippen LogP contribution in [0.5, 0.6) is 0 Å². The highest BCUT2D eigenvalue weighted by atomic mass is 32.2. The molecule has 1 aromatic carbocycles. The Morgan fingerprint density at radius 3 is 2.96 bits per heavy atom. The van der Waals surface area contributed by atoms with Crippen LogP contribution >= 0.6 is 11.8 Å². The molecule has 0 saturated carbocycles. The smallest absolute Gasteiger partial charge is 0.233 e. The predicted molar refractivity (Wildman–Crippen MR) is 100 cm³/mol. The van der Waals surface area contributed by atoms with E-state index < -0.39 is 15.1 Å². The second-order valence-corrected chi connectivity index (χ2v) is 9.85. The number of hydrogen-bond acceptors (Lipinski definition) is 6. The molecule has 2 aromatic rings. The topological polar surface area (TPSA) is 105 Å². The van der Waals surface area contributed by atoms with Crippen LogP contribution in [0.15, 0.2) is 29.4 Å². The van der Waals surface area contributed by atoms with Gasteiger partial charge in [-0.25, -0.2) is 13.4 Å². The van der Waals surface area contributed by atoms with Gasteiger partial charge in [-0.15, -0.1) is 0 Å². The lowest BCUT2D eigenvalue weighted by Crippen LogP contribution is -2.40. The van der Waals surface area contributed by atoms with Gasteiger partial charge in [-0.1, -0.05) is 23.9 Å². The van der Waals surface area contributed by atoms with Gasteiger partial charge in [0.25, 0.3) is 0 Å². The number of rotatable bonds is 6. The number of imidazole rings is 1. The molecule has 1 aliphatic heterocycles. The minimum atomic E-state index is -3.03. The van der Waals surface area contributed by atoms with Gasteiger partial charge in [0, 0.05) is 12.6 Å². The van der Waals surface area contributed by atoms with Gasteiger partial charge in [0.1, 0.15) is 0 Å². The molecular weight excluding hydrogens is 372 g/mol. The molecule has 1 aliphatic rings. The van der Waals surface area contributed by atoms with Crippen molar-refractivity contribution in [3.05, 3.63) is 24.3 Å². The summed E-state index contributed by atoms with van der Waals surface area (Å²) < 4.78 is 25.0. The van der Waals surface area contributed by atoms with Gasteiger partial charge < -0.3 is 9.88 Å². The Balaban J connectivity index is 1.73. The first-order chi connectivity index (χ1) is 12.4. The van der Waals surface area contributed by atoms with Gasteiger partial charge in [0.15, 0.2) is 15.0 Å². The molecule has 0 bridgehead atoms. The third kappa shape index (κ3) is 4.19. The first-order valence-corrected chi connectivity index (χ1v) is 11.1. The van der Waals surface area contributed by atoms with E-state index in [2.05, 4.69) is 16.4 Å². The fourth-order valence-electron chi connectivity index (χ4n) is 2.96. The third-order valence-corrected chi connectivity index (χ3v) is 7.16. The van der Waals surface area contributed by atoms with E-state index in [1.165, 1.54) is 11.8 Å². The molecule has 2 heterocycles. The SMILES string of the molecule is C[C@@H](Sc1nc2ccccc2n1CCC#N)C(=O)N[C@@H]1CCS(=O)(=O)C1. The lowest BCUT2D eigenvalue weighted by molar-refractivity contribution is -0.120. The number of hydrogen-bond donors (Lipinski definition) is 1. The first kappa shape index (κ1) is 18.7. The van der Waals surface area contributed by atoms with Gasteiger partial charge in [-0.3, -0.25) is 4.79 Å². The van der Waals surface area contributed by atoms with E-state index in [1.807, 2.05) is 28.8 Å². The molecule has 1 N–H and O–H groups in total. The Hall–Kier alpha value is -2.05. The minimum Gasteiger partial charge on any atom is -0.351 e. The maximum Gasteiger partial charge on any atom is 0.233 e. The molecule has 0 radical (unpaired) electrons. The number of fused-ring (bicyclic) bond motifs is 1. The van der Waals surface area contributed by atoms with Gasteiger partial charge in [0.05, 0.1) is 40.3 Å². The molecule has 0 spiro atoms. The van der Waals surface area contributed by atoms with Gasteiger partial charge in [-0.2, -0.15) is 5.26 Å². The number of aromatic nitrogens is 2. The van der Waals surface area contributed by atoms with Crippen LogP contribution in [0.2, 0.25) is 0 Å². The summed E-state index contributed by atoms with van der Waals surface area (Å²) in [6.07, 6.45) is 0.820. The average molecular weight is 393 g/mol. The summed E-state index contributed by atoms with van der Waals surface area (Å²) in [5, 5.41) is 12.0. The van der Waals surface area contributed by atoms with Crippen molar-refractivity contribution in [3.8, 4) is 6.07 Å². The van der Waals surface area contributed by atoms with Crippen molar-refractivity contribution in [2.24, 2.45) is 0 Å². The van der Waals surface area contributed by atoms with Crippen molar-refractivity contribution in [1.82, 2.24) is 14.9 Å². The lowest BCUT2D eigenvalue weighted by atomic mass is 10.2. The van der Waals surface area contributed by atoms with E-state index in [0.29, 0.717) is 24.5 Å². The molecule has 138 valence electrons. The van der Waals surface area contributed by atoms with Crippen molar-refractivity contribution in [2.75, 3.05) is 11.5 Å². The maximum absolute atomic E-state index is 12.4. The van der Waals surface area contributed by atoms with E-state index in [9.17, 15) is 13.2 Å². The fourth-order valence-corrected chi connectivity index (χ4v) is 5.59. The molecule has 3 rings (SSSR count). The van der Waals surface area contributed by atoms with Crippen molar-refractivity contribution in [2.45, 2.75) is 42.8 Å². The summed E-state index contributed by atoms with van der Waals surface area (Å²) in [5.41, 5.74) is 1.75. The number of nitriles is 1. The zero-order valence-corrected chi connectivity index (χ0v) is 16.0. The van der Waals surface area contributed by atoms with Crippen LogP contribution in [-0.2, 0) is 21.2 Å². The van der Waals surface area contributed by atoms with Crippen LogP contribution in [0.1, 0.15) is 19.8 Å². The minimum absolute atomic E-state index is 0.0107. The lowest BCUT2D eigenvalue weighted by Gasteiger charge is -2.16. The molecule has 2 atom stereocenters. The second kappa shape index (κ2) is 7.68. The van der Waals surface area contributed by atoms with Crippen LogP contribution in [0, 0.1) is 11.3 Å². The van der Waals surface area contributed by atoms with E-state index in [0.717, 1.165) is 11.0 Å². The van der Waals surface area contributed by atoms with Crippen molar-refractivity contribution >= 4 is 38.5 Å². The average Bonchev–Trinajstić information content (AvgIpc) is 3.12. The molecular formula is C17H20N4O3S2. The van der Waals surface area contributed by atoms with Crippen molar-refractivity contribution in [3.63, 3.8) is 0 Å². The summed E-state index contributed by atoms with van der Waals surface area (Å²) in [4.78, 5) is 17.0. The predicted octanol–water partition coefficient (Wildman–Crippen LogP) is 1.73. The Morgan fingerprint density at radius 2 is 2.27 bits per heavy atom. The highest BCUT2D eigenvalue weighted by Crippen LogP contribution is 2.28. The Bertz CT molecular complexity index is 962. The number of nitrogens with zero attached hydrogens (tertiary/aromatic N) is 3. The summed E-state index contributed by atoms with van der Waals surface area (Å²) in [5.74, 6) is -0.0590. The zero-order chi connectivity index (χ0) is 18.7. The molecule has 9 heteroatoms. The standard InChI is InChI=1S/C17H20N4O3S2/c1-12(16(22)19-13-7-10-26(23,24)11-13)25-17-20-14-5-2-3-6-15(14)21(17)9-4-8-18/h2-3,5-6,12-13H,4,7,9-11H2,1H3,(H,19,22)/t12-,13-/m1/s1. The van der Waals surface area contributed by atoms with Crippen molar-refractivity contribution < 1.29 is 13.2 Å². The number of nitrogens with one attached hydrogen (secondary N) is 1. The van der Waals surface area contributed by atoms with Crippen LogP contribution in [0.4, 0.5) is 0 Å². The van der Waals surface area contributed by atoms with Crippen LogP contribution in [0.25, 0.3) is 11.0 Å². The van der Waals surface area contributed by atoms with E-state index in [1.54, 1.807) is 6.92 Å². The number of amides is 1. The monoisotopic (exact) mass is 392 g/mol. The Kier molecular flexibility index (Phi) is 5.53. The normalized spacial score (nSPS) is 19.9. The molecule has 1 fully saturated rings. The summed E-state index contributed by atoms with van der Waals surface area (Å²) in [6.45, 7) is 2.28. The number of aryl methyl sites for hydroxylation is 1.